The fourth-order valence-electron chi connectivity index (χ4n) is 5.29. The summed E-state index contributed by atoms with van der Waals surface area (Å²) in [6, 6.07) is 23.6. The highest BCUT2D eigenvalue weighted by Gasteiger charge is 2.53. The summed E-state index contributed by atoms with van der Waals surface area (Å²) < 4.78 is 28.6. The number of carbonyl (C=O) groups is 1. The van der Waals surface area contributed by atoms with E-state index in [0.717, 1.165) is 30.2 Å². The number of nitrogens with two attached hydrogens (primary N) is 1. The Morgan fingerprint density at radius 3 is 2.10 bits per heavy atom. The van der Waals surface area contributed by atoms with E-state index < -0.39 is 17.0 Å². The molecule has 3 aromatic carbocycles. The van der Waals surface area contributed by atoms with Crippen LogP contribution in [-0.2, 0) is 16.8 Å². The standard InChI is InChI=1S/C26H26F2N2O/c1-30(17-19-9-8-14-23(27)24(19)28)16-15-22(18-30)26(25(29)31,20-10-4-2-5-11-20)21-12-6-3-7-13-21/h2-14,22H,15-18H2,1H3,(H-,29,31)/p+1. The zero-order valence-corrected chi connectivity index (χ0v) is 17.6. The van der Waals surface area contributed by atoms with Crippen molar-refractivity contribution >= 4 is 5.91 Å². The summed E-state index contributed by atoms with van der Waals surface area (Å²) >= 11 is 0. The molecule has 1 aliphatic rings. The first-order valence-electron chi connectivity index (χ1n) is 10.5. The third kappa shape index (κ3) is 3.74. The summed E-state index contributed by atoms with van der Waals surface area (Å²) in [6.45, 7) is 1.73. The van der Waals surface area contributed by atoms with Crippen LogP contribution in [0.2, 0.25) is 0 Å². The van der Waals surface area contributed by atoms with Gasteiger partial charge < -0.3 is 10.2 Å². The molecule has 3 aromatic rings. The summed E-state index contributed by atoms with van der Waals surface area (Å²) in [4.78, 5) is 13.2. The van der Waals surface area contributed by atoms with Gasteiger partial charge in [0.25, 0.3) is 0 Å². The number of rotatable bonds is 6. The number of nitrogens with zero attached hydrogens (tertiary/aromatic N) is 1. The summed E-state index contributed by atoms with van der Waals surface area (Å²) in [5.74, 6) is -2.09. The molecule has 0 radical (unpaired) electrons. The lowest BCUT2D eigenvalue weighted by Crippen LogP contribution is -2.51. The molecule has 0 aliphatic carbocycles. The molecular formula is C26H27F2N2O+. The Balaban J connectivity index is 1.75. The molecule has 0 saturated carbocycles. The molecule has 2 atom stereocenters. The van der Waals surface area contributed by atoms with Gasteiger partial charge in [0.2, 0.25) is 5.91 Å². The predicted molar refractivity (Wildman–Crippen MR) is 117 cm³/mol. The number of amides is 1. The van der Waals surface area contributed by atoms with E-state index in [1.165, 1.54) is 6.07 Å². The van der Waals surface area contributed by atoms with E-state index in [4.69, 9.17) is 5.73 Å². The van der Waals surface area contributed by atoms with Crippen LogP contribution in [0.4, 0.5) is 8.78 Å². The van der Waals surface area contributed by atoms with Crippen molar-refractivity contribution < 1.29 is 18.1 Å². The first-order valence-corrected chi connectivity index (χ1v) is 10.5. The first-order chi connectivity index (χ1) is 14.9. The first kappa shape index (κ1) is 21.2. The van der Waals surface area contributed by atoms with E-state index >= 15 is 0 Å². The van der Waals surface area contributed by atoms with E-state index in [0.29, 0.717) is 23.1 Å². The topological polar surface area (TPSA) is 43.1 Å². The largest absolute Gasteiger partial charge is 0.369 e. The van der Waals surface area contributed by atoms with E-state index in [-0.39, 0.29) is 11.8 Å². The second kappa shape index (κ2) is 8.23. The minimum absolute atomic E-state index is 0.0728. The Morgan fingerprint density at radius 1 is 0.968 bits per heavy atom. The normalized spacial score (nSPS) is 21.2. The molecule has 3 nitrogen and oxygen atoms in total. The Morgan fingerprint density at radius 2 is 1.55 bits per heavy atom. The highest BCUT2D eigenvalue weighted by atomic mass is 19.2. The van der Waals surface area contributed by atoms with Crippen LogP contribution in [-0.4, -0.2) is 30.5 Å². The molecule has 0 spiro atoms. The molecule has 31 heavy (non-hydrogen) atoms. The van der Waals surface area contributed by atoms with Gasteiger partial charge in [0, 0.05) is 17.9 Å². The van der Waals surface area contributed by atoms with Crippen molar-refractivity contribution in [1.29, 1.82) is 0 Å². The van der Waals surface area contributed by atoms with Crippen molar-refractivity contribution in [3.8, 4) is 0 Å². The van der Waals surface area contributed by atoms with E-state index in [1.54, 1.807) is 6.07 Å². The van der Waals surface area contributed by atoms with Crippen LogP contribution in [0.5, 0.6) is 0 Å². The Labute approximate surface area is 181 Å². The molecule has 5 heteroatoms. The number of quaternary nitrogens is 1. The van der Waals surface area contributed by atoms with Gasteiger partial charge in [-0.05, 0) is 17.2 Å². The van der Waals surface area contributed by atoms with Gasteiger partial charge in [-0.15, -0.1) is 0 Å². The van der Waals surface area contributed by atoms with E-state index in [2.05, 4.69) is 0 Å². The second-order valence-corrected chi connectivity index (χ2v) is 8.79. The van der Waals surface area contributed by atoms with Crippen molar-refractivity contribution in [3.63, 3.8) is 0 Å². The maximum atomic E-state index is 14.4. The zero-order chi connectivity index (χ0) is 22.1. The minimum atomic E-state index is -0.987. The van der Waals surface area contributed by atoms with Gasteiger partial charge >= 0.3 is 0 Å². The number of halogens is 2. The third-order valence-corrected chi connectivity index (χ3v) is 6.72. The van der Waals surface area contributed by atoms with Gasteiger partial charge in [0.1, 0.15) is 12.0 Å². The van der Waals surface area contributed by atoms with Gasteiger partial charge in [0.05, 0.1) is 20.1 Å². The summed E-state index contributed by atoms with van der Waals surface area (Å²) in [6.07, 6.45) is 0.750. The van der Waals surface area contributed by atoms with Crippen molar-refractivity contribution in [2.24, 2.45) is 11.7 Å². The minimum Gasteiger partial charge on any atom is -0.369 e. The lowest BCUT2D eigenvalue weighted by atomic mass is 9.64. The smallest absolute Gasteiger partial charge is 0.233 e. The fraction of sp³-hybridized carbons (Fsp3) is 0.269. The fourth-order valence-corrected chi connectivity index (χ4v) is 5.29. The number of primary amides is 1. The van der Waals surface area contributed by atoms with Crippen molar-refractivity contribution in [2.75, 3.05) is 20.1 Å². The molecular weight excluding hydrogens is 394 g/mol. The highest BCUT2D eigenvalue weighted by Crippen LogP contribution is 2.45. The number of hydrogen-bond acceptors (Lipinski definition) is 1. The molecule has 1 fully saturated rings. The Bertz CT molecular complexity index is 1030. The van der Waals surface area contributed by atoms with Gasteiger partial charge in [-0.3, -0.25) is 4.79 Å². The van der Waals surface area contributed by atoms with Crippen molar-refractivity contribution in [1.82, 2.24) is 0 Å². The van der Waals surface area contributed by atoms with Crippen LogP contribution in [0, 0.1) is 17.6 Å². The molecule has 4 rings (SSSR count). The molecule has 2 N–H and O–H groups in total. The van der Waals surface area contributed by atoms with Crippen LogP contribution in [0.3, 0.4) is 0 Å². The van der Waals surface area contributed by atoms with Crippen molar-refractivity contribution in [2.45, 2.75) is 18.4 Å². The summed E-state index contributed by atoms with van der Waals surface area (Å²) in [5.41, 5.74) is 7.24. The lowest BCUT2D eigenvalue weighted by molar-refractivity contribution is -0.912. The summed E-state index contributed by atoms with van der Waals surface area (Å²) in [5, 5.41) is 0. The van der Waals surface area contributed by atoms with Crippen LogP contribution < -0.4 is 5.73 Å². The van der Waals surface area contributed by atoms with E-state index in [9.17, 15) is 13.6 Å². The quantitative estimate of drug-likeness (QED) is 0.589. The number of hydrogen-bond donors (Lipinski definition) is 1. The molecule has 1 saturated heterocycles. The molecule has 1 aliphatic heterocycles. The number of likely N-dealkylation sites (tertiary alicyclic amines) is 1. The SMILES string of the molecule is C[N+]1(Cc2cccc(F)c2F)CCC(C(C(N)=O)(c2ccccc2)c2ccccc2)C1. The zero-order valence-electron chi connectivity index (χ0n) is 17.6. The highest BCUT2D eigenvalue weighted by molar-refractivity contribution is 5.91. The Hall–Kier alpha value is -3.05. The van der Waals surface area contributed by atoms with Gasteiger partial charge in [-0.1, -0.05) is 72.8 Å². The number of benzene rings is 3. The molecule has 1 amide bonds. The maximum Gasteiger partial charge on any atom is 0.233 e. The van der Waals surface area contributed by atoms with Gasteiger partial charge in [-0.25, -0.2) is 8.78 Å². The molecule has 0 bridgehead atoms. The summed E-state index contributed by atoms with van der Waals surface area (Å²) in [7, 11) is 2.03. The molecule has 0 aromatic heterocycles. The van der Waals surface area contributed by atoms with Crippen LogP contribution in [0.1, 0.15) is 23.1 Å². The van der Waals surface area contributed by atoms with Crippen molar-refractivity contribution in [3.05, 3.63) is 107 Å². The average molecular weight is 422 g/mol. The average Bonchev–Trinajstić information content (AvgIpc) is 3.15. The van der Waals surface area contributed by atoms with E-state index in [1.807, 2.05) is 67.7 Å². The molecule has 160 valence electrons. The monoisotopic (exact) mass is 421 g/mol. The predicted octanol–water partition coefficient (Wildman–Crippen LogP) is 4.40. The maximum absolute atomic E-state index is 14.4. The molecule has 1 heterocycles. The third-order valence-electron chi connectivity index (χ3n) is 6.72. The van der Waals surface area contributed by atoms with Crippen LogP contribution in [0.15, 0.2) is 78.9 Å². The molecule has 2 unspecified atom stereocenters. The lowest BCUT2D eigenvalue weighted by Gasteiger charge is -2.38. The van der Waals surface area contributed by atoms with Crippen LogP contribution in [0.25, 0.3) is 0 Å². The number of carbonyl (C=O) groups excluding carboxylic acids is 1. The van der Waals surface area contributed by atoms with Crippen LogP contribution >= 0.6 is 0 Å². The Kier molecular flexibility index (Phi) is 5.63. The second-order valence-electron chi connectivity index (χ2n) is 8.79. The van der Waals surface area contributed by atoms with Gasteiger partial charge in [-0.2, -0.15) is 0 Å². The van der Waals surface area contributed by atoms with Gasteiger partial charge in [0.15, 0.2) is 11.6 Å².